The highest BCUT2D eigenvalue weighted by molar-refractivity contribution is 7.85. The summed E-state index contributed by atoms with van der Waals surface area (Å²) in [7, 11) is -4.33. The molecule has 1 heterocycles. The van der Waals surface area contributed by atoms with Crippen molar-refractivity contribution in [2.45, 2.75) is 58.0 Å². The average molecular weight is 420 g/mol. The Hall–Kier alpha value is -1.13. The number of aliphatic imine (C=N–C) groups is 1. The second kappa shape index (κ2) is 12.4. The zero-order valence-corrected chi connectivity index (χ0v) is 17.6. The molecule has 0 radical (unpaired) electrons. The molecular formula is C19H35N2O6S+. The van der Waals surface area contributed by atoms with E-state index in [-0.39, 0.29) is 30.0 Å². The number of hydrogen-bond donors (Lipinski definition) is 3. The summed E-state index contributed by atoms with van der Waals surface area (Å²) in [6.07, 6.45) is 9.28. The molecule has 2 atom stereocenters. The Morgan fingerprint density at radius 2 is 1.96 bits per heavy atom. The Morgan fingerprint density at radius 1 is 1.25 bits per heavy atom. The van der Waals surface area contributed by atoms with Crippen LogP contribution in [0.4, 0.5) is 0 Å². The number of carbonyl (C=O) groups is 1. The Morgan fingerprint density at radius 3 is 2.61 bits per heavy atom. The van der Waals surface area contributed by atoms with Crippen LogP contribution in [-0.4, -0.2) is 83.9 Å². The average Bonchev–Trinajstić information content (AvgIpc) is 2.98. The summed E-state index contributed by atoms with van der Waals surface area (Å²) in [5.41, 5.74) is 0. The summed E-state index contributed by atoms with van der Waals surface area (Å²) in [6, 6.07) is 0. The summed E-state index contributed by atoms with van der Waals surface area (Å²) in [5.74, 6) is -0.622. The number of quaternary nitrogens is 1. The highest BCUT2D eigenvalue weighted by atomic mass is 32.2. The second-order valence-electron chi connectivity index (χ2n) is 7.39. The van der Waals surface area contributed by atoms with Crippen molar-refractivity contribution in [2.75, 3.05) is 38.5 Å². The van der Waals surface area contributed by atoms with Crippen molar-refractivity contribution < 1.29 is 32.5 Å². The van der Waals surface area contributed by atoms with Crippen molar-refractivity contribution in [3.63, 3.8) is 0 Å². The van der Waals surface area contributed by atoms with Gasteiger partial charge in [-0.1, -0.05) is 31.9 Å². The minimum atomic E-state index is -4.33. The minimum Gasteiger partial charge on any atom is -0.390 e. The van der Waals surface area contributed by atoms with Gasteiger partial charge in [0, 0.05) is 6.42 Å². The highest BCUT2D eigenvalue weighted by Crippen LogP contribution is 2.20. The Balaban J connectivity index is 2.59. The first-order valence-electron chi connectivity index (χ1n) is 10.1. The molecule has 0 aliphatic carbocycles. The highest BCUT2D eigenvalue weighted by Gasteiger charge is 2.43. The number of carbonyl (C=O) groups excluding carboxylic acids is 1. The summed E-state index contributed by atoms with van der Waals surface area (Å²) < 4.78 is 30.9. The van der Waals surface area contributed by atoms with E-state index in [0.717, 1.165) is 38.5 Å². The van der Waals surface area contributed by atoms with Crippen LogP contribution in [0.3, 0.4) is 0 Å². The maximum Gasteiger partial charge on any atom is 0.267 e. The number of aliphatic hydroxyl groups excluding tert-OH is 2. The van der Waals surface area contributed by atoms with E-state index in [1.807, 2.05) is 0 Å². The van der Waals surface area contributed by atoms with Crippen LogP contribution < -0.4 is 0 Å². The van der Waals surface area contributed by atoms with E-state index >= 15 is 0 Å². The Kier molecular flexibility index (Phi) is 11.1. The lowest BCUT2D eigenvalue weighted by molar-refractivity contribution is -0.837. The number of hydrogen-bond acceptors (Lipinski definition) is 6. The number of unbranched alkanes of at least 4 members (excludes halogenated alkanes) is 4. The molecule has 9 heteroatoms. The lowest BCUT2D eigenvalue weighted by Gasteiger charge is -2.34. The fourth-order valence-corrected chi connectivity index (χ4v) is 4.16. The molecule has 0 fully saturated rings. The van der Waals surface area contributed by atoms with Crippen molar-refractivity contribution in [3.05, 3.63) is 12.2 Å². The topological polar surface area (TPSA) is 124 Å². The number of Topliss-reactive ketones (excluding diaryl/α,β-unsaturated/α-hetero) is 1. The number of allylic oxidation sites excluding steroid dienone is 2. The van der Waals surface area contributed by atoms with Crippen molar-refractivity contribution in [1.29, 1.82) is 0 Å². The van der Waals surface area contributed by atoms with Crippen molar-refractivity contribution in [1.82, 2.24) is 0 Å². The standard InChI is InChI=1S/C19H34N2O6S/c1-2-3-4-5-6-7-8-9-10-18(24)19-20-11-12-21(19,13-14-22)15-17(23)16-28(25,26)27/h4-5,17,22-23H,2-3,6-16H2,1H3/p+1/b5-4+. The Labute approximate surface area is 168 Å². The summed E-state index contributed by atoms with van der Waals surface area (Å²) in [4.78, 5) is 17.0. The normalized spacial score (nSPS) is 21.2. The first-order valence-corrected chi connectivity index (χ1v) is 11.7. The molecule has 0 amide bonds. The SMILES string of the molecule is CCC/C=C/CCCCCC(=O)C1=NCC[N+]1(CCO)CC(O)CS(=O)(=O)O. The predicted octanol–water partition coefficient (Wildman–Crippen LogP) is 1.33. The molecule has 8 nitrogen and oxygen atoms in total. The molecule has 0 aromatic carbocycles. The van der Waals surface area contributed by atoms with Gasteiger partial charge in [-0.25, -0.2) is 4.99 Å². The third kappa shape index (κ3) is 8.91. The fraction of sp³-hybridized carbons (Fsp3) is 0.789. The largest absolute Gasteiger partial charge is 0.390 e. The minimum absolute atomic E-state index is 0.0359. The molecule has 0 bridgehead atoms. The number of aliphatic hydroxyl groups is 2. The first-order chi connectivity index (χ1) is 13.2. The van der Waals surface area contributed by atoms with Gasteiger partial charge in [0.1, 0.15) is 31.5 Å². The molecule has 0 aromatic heterocycles. The molecule has 0 aromatic rings. The number of amidine groups is 1. The molecule has 162 valence electrons. The quantitative estimate of drug-likeness (QED) is 0.159. The molecule has 0 spiro atoms. The lowest BCUT2D eigenvalue weighted by atomic mass is 10.1. The second-order valence-corrected chi connectivity index (χ2v) is 8.89. The fourth-order valence-electron chi connectivity index (χ4n) is 3.57. The number of ketones is 1. The smallest absolute Gasteiger partial charge is 0.267 e. The van der Waals surface area contributed by atoms with Gasteiger partial charge in [0.25, 0.3) is 16.0 Å². The van der Waals surface area contributed by atoms with Crippen LogP contribution in [0, 0.1) is 0 Å². The first kappa shape index (κ1) is 24.9. The van der Waals surface area contributed by atoms with Gasteiger partial charge in [0.05, 0.1) is 13.2 Å². The van der Waals surface area contributed by atoms with E-state index < -0.39 is 22.0 Å². The van der Waals surface area contributed by atoms with Gasteiger partial charge in [0.2, 0.25) is 5.78 Å². The molecule has 1 rings (SSSR count). The van der Waals surface area contributed by atoms with Crippen LogP contribution in [0.1, 0.15) is 51.9 Å². The van der Waals surface area contributed by atoms with E-state index in [4.69, 9.17) is 4.55 Å². The van der Waals surface area contributed by atoms with Gasteiger partial charge in [-0.05, 0) is 25.7 Å². The van der Waals surface area contributed by atoms with Crippen molar-refractivity contribution in [2.24, 2.45) is 4.99 Å². The van der Waals surface area contributed by atoms with Crippen LogP contribution >= 0.6 is 0 Å². The number of rotatable bonds is 15. The molecule has 3 N–H and O–H groups in total. The van der Waals surface area contributed by atoms with Crippen LogP contribution in [0.25, 0.3) is 0 Å². The zero-order valence-electron chi connectivity index (χ0n) is 16.8. The molecule has 28 heavy (non-hydrogen) atoms. The third-order valence-electron chi connectivity index (χ3n) is 4.88. The lowest BCUT2D eigenvalue weighted by Crippen LogP contribution is -2.59. The van der Waals surface area contributed by atoms with Crippen molar-refractivity contribution >= 4 is 21.7 Å². The van der Waals surface area contributed by atoms with Crippen LogP contribution in [0.2, 0.25) is 0 Å². The van der Waals surface area contributed by atoms with Gasteiger partial charge in [-0.15, -0.1) is 0 Å². The van der Waals surface area contributed by atoms with E-state index in [1.54, 1.807) is 0 Å². The van der Waals surface area contributed by atoms with Gasteiger partial charge in [-0.3, -0.25) is 13.8 Å². The predicted molar refractivity (Wildman–Crippen MR) is 109 cm³/mol. The summed E-state index contributed by atoms with van der Waals surface area (Å²) in [6.45, 7) is 2.84. The van der Waals surface area contributed by atoms with Gasteiger partial charge < -0.3 is 10.2 Å². The van der Waals surface area contributed by atoms with Gasteiger partial charge >= 0.3 is 0 Å². The maximum atomic E-state index is 12.7. The van der Waals surface area contributed by atoms with Crippen LogP contribution in [-0.2, 0) is 14.9 Å². The van der Waals surface area contributed by atoms with E-state index in [1.165, 1.54) is 0 Å². The maximum absolute atomic E-state index is 12.7. The van der Waals surface area contributed by atoms with Gasteiger partial charge in [-0.2, -0.15) is 8.42 Å². The summed E-state index contributed by atoms with van der Waals surface area (Å²) in [5, 5.41) is 19.5. The van der Waals surface area contributed by atoms with E-state index in [2.05, 4.69) is 24.1 Å². The monoisotopic (exact) mass is 419 g/mol. The number of nitrogens with zero attached hydrogens (tertiary/aromatic N) is 2. The van der Waals surface area contributed by atoms with Crippen LogP contribution in [0.5, 0.6) is 0 Å². The third-order valence-corrected chi connectivity index (χ3v) is 5.68. The molecule has 0 saturated heterocycles. The molecular weight excluding hydrogens is 384 g/mol. The molecule has 0 saturated carbocycles. The van der Waals surface area contributed by atoms with E-state index in [9.17, 15) is 23.4 Å². The molecule has 1 aliphatic heterocycles. The summed E-state index contributed by atoms with van der Waals surface area (Å²) >= 11 is 0. The Bertz CT molecular complexity index is 647. The molecule has 2 unspecified atom stereocenters. The van der Waals surface area contributed by atoms with Gasteiger partial charge in [0.15, 0.2) is 0 Å². The zero-order chi connectivity index (χ0) is 21.0. The van der Waals surface area contributed by atoms with E-state index in [0.29, 0.717) is 25.3 Å². The molecule has 1 aliphatic rings. The van der Waals surface area contributed by atoms with Crippen molar-refractivity contribution in [3.8, 4) is 0 Å². The van der Waals surface area contributed by atoms with Crippen LogP contribution in [0.15, 0.2) is 17.1 Å².